The van der Waals surface area contributed by atoms with Gasteiger partial charge in [-0.1, -0.05) is 72.2 Å². The van der Waals surface area contributed by atoms with Crippen LogP contribution in [-0.4, -0.2) is 46.4 Å². The first kappa shape index (κ1) is 26.0. The van der Waals surface area contributed by atoms with Crippen LogP contribution >= 0.6 is 48.0 Å². The number of hydrogen-bond acceptors (Lipinski definition) is 8. The number of carbonyl (C=O) groups excluding carboxylic acids is 4. The summed E-state index contributed by atoms with van der Waals surface area (Å²) in [6.07, 6.45) is 0.453. The molecule has 2 aromatic carbocycles. The van der Waals surface area contributed by atoms with E-state index < -0.39 is 11.8 Å². The van der Waals surface area contributed by atoms with E-state index in [1.165, 1.54) is 9.80 Å². The number of likely N-dealkylation sites (N-methyl/N-ethyl adjacent to an activating group) is 2. The maximum atomic E-state index is 13.3. The van der Waals surface area contributed by atoms with Crippen molar-refractivity contribution < 1.29 is 19.2 Å². The van der Waals surface area contributed by atoms with Crippen molar-refractivity contribution in [2.24, 2.45) is 0 Å². The zero-order chi connectivity index (χ0) is 26.0. The number of thioether (sulfide) groups is 2. The average molecular weight is 557 g/mol. The number of benzene rings is 2. The molecule has 2 heterocycles. The van der Waals surface area contributed by atoms with E-state index >= 15 is 0 Å². The van der Waals surface area contributed by atoms with Gasteiger partial charge in [-0.15, -0.1) is 0 Å². The number of hydrogen-bond donors (Lipinski definition) is 2. The summed E-state index contributed by atoms with van der Waals surface area (Å²) in [7, 11) is 3.14. The molecule has 0 radical (unpaired) electrons. The number of rotatable bonds is 6. The van der Waals surface area contributed by atoms with Crippen LogP contribution < -0.4 is 20.4 Å². The van der Waals surface area contributed by atoms with Crippen molar-refractivity contribution in [3.05, 3.63) is 69.5 Å². The molecule has 2 saturated heterocycles. The van der Waals surface area contributed by atoms with E-state index in [1.54, 1.807) is 62.6 Å². The normalized spacial score (nSPS) is 17.7. The van der Waals surface area contributed by atoms with E-state index in [2.05, 4.69) is 10.6 Å². The molecule has 2 aliphatic heterocycles. The Hall–Kier alpha value is -3.06. The van der Waals surface area contributed by atoms with Crippen molar-refractivity contribution in [2.45, 2.75) is 12.8 Å². The van der Waals surface area contributed by atoms with E-state index in [1.807, 2.05) is 0 Å². The second kappa shape index (κ2) is 10.9. The standard InChI is InChI=1S/C24H20N4O4S4/c1-25-17(29)11-13-3-7-15(8-4-13)27-21(31)19(35-23(27)33)20-22(32)28(24(34)36-20)16-9-5-14(6-10-16)12-18(30)26-2/h3-10H,11-12H2,1-2H3,(H,25,29)(H,26,30)/b20-19+. The fourth-order valence-electron chi connectivity index (χ4n) is 3.53. The second-order valence-corrected chi connectivity index (χ2v) is 11.0. The highest BCUT2D eigenvalue weighted by atomic mass is 32.2. The molecule has 2 fully saturated rings. The van der Waals surface area contributed by atoms with Crippen LogP contribution in [0.2, 0.25) is 0 Å². The molecule has 4 rings (SSSR count). The van der Waals surface area contributed by atoms with Crippen LogP contribution in [0.1, 0.15) is 11.1 Å². The van der Waals surface area contributed by atoms with Gasteiger partial charge in [0.2, 0.25) is 11.8 Å². The van der Waals surface area contributed by atoms with E-state index in [0.29, 0.717) is 20.0 Å². The van der Waals surface area contributed by atoms with Gasteiger partial charge in [0.1, 0.15) is 0 Å². The van der Waals surface area contributed by atoms with Gasteiger partial charge in [0.25, 0.3) is 11.8 Å². The fourth-order valence-corrected chi connectivity index (χ4v) is 6.28. The number of amides is 4. The van der Waals surface area contributed by atoms with E-state index in [4.69, 9.17) is 24.4 Å². The van der Waals surface area contributed by atoms with Gasteiger partial charge in [-0.25, -0.2) is 0 Å². The van der Waals surface area contributed by atoms with Crippen molar-refractivity contribution in [3.8, 4) is 0 Å². The summed E-state index contributed by atoms with van der Waals surface area (Å²) in [4.78, 5) is 53.0. The smallest absolute Gasteiger partial charge is 0.272 e. The van der Waals surface area contributed by atoms with Crippen LogP contribution in [0.15, 0.2) is 58.3 Å². The molecule has 2 aromatic rings. The summed E-state index contributed by atoms with van der Waals surface area (Å²) in [5.74, 6) is -1.02. The van der Waals surface area contributed by atoms with Crippen LogP contribution in [0, 0.1) is 0 Å². The molecule has 2 N–H and O–H groups in total. The van der Waals surface area contributed by atoms with Crippen LogP contribution in [-0.2, 0) is 32.0 Å². The van der Waals surface area contributed by atoms with Gasteiger partial charge < -0.3 is 10.6 Å². The number of carbonyl (C=O) groups is 4. The third-order valence-electron chi connectivity index (χ3n) is 5.42. The van der Waals surface area contributed by atoms with Gasteiger partial charge in [-0.05, 0) is 35.4 Å². The summed E-state index contributed by atoms with van der Waals surface area (Å²) in [6.45, 7) is 0. The Labute approximate surface area is 226 Å². The van der Waals surface area contributed by atoms with Gasteiger partial charge in [-0.2, -0.15) is 0 Å². The zero-order valence-electron chi connectivity index (χ0n) is 19.2. The molecule has 0 bridgehead atoms. The molecule has 0 aromatic heterocycles. The lowest BCUT2D eigenvalue weighted by atomic mass is 10.1. The van der Waals surface area contributed by atoms with Gasteiger partial charge in [0.05, 0.1) is 34.0 Å². The number of anilines is 2. The molecule has 0 unspecified atom stereocenters. The molecular weight excluding hydrogens is 537 g/mol. The fraction of sp³-hybridized carbons (Fsp3) is 0.167. The molecule has 8 nitrogen and oxygen atoms in total. The first-order valence-electron chi connectivity index (χ1n) is 10.7. The van der Waals surface area contributed by atoms with E-state index in [0.717, 1.165) is 34.7 Å². The molecule has 2 aliphatic rings. The van der Waals surface area contributed by atoms with Crippen molar-refractivity contribution in [1.29, 1.82) is 0 Å². The predicted octanol–water partition coefficient (Wildman–Crippen LogP) is 2.90. The highest BCUT2D eigenvalue weighted by Crippen LogP contribution is 2.44. The Bertz CT molecular complexity index is 1220. The molecule has 0 atom stereocenters. The maximum Gasteiger partial charge on any atom is 0.272 e. The van der Waals surface area contributed by atoms with Gasteiger partial charge in [0.15, 0.2) is 8.64 Å². The Morgan fingerprint density at radius 1 is 0.694 bits per heavy atom. The van der Waals surface area contributed by atoms with Crippen molar-refractivity contribution in [3.63, 3.8) is 0 Å². The third-order valence-corrected chi connectivity index (χ3v) is 8.30. The monoisotopic (exact) mass is 556 g/mol. The van der Waals surface area contributed by atoms with Crippen LogP contribution in [0.5, 0.6) is 0 Å². The average Bonchev–Trinajstić information content (AvgIpc) is 3.33. The molecule has 0 spiro atoms. The van der Waals surface area contributed by atoms with Crippen LogP contribution in [0.3, 0.4) is 0 Å². The number of nitrogens with zero attached hydrogens (tertiary/aromatic N) is 2. The Balaban J connectivity index is 1.55. The van der Waals surface area contributed by atoms with Crippen molar-refractivity contribution >= 4 is 91.6 Å². The van der Waals surface area contributed by atoms with Gasteiger partial charge in [-0.3, -0.25) is 29.0 Å². The molecule has 4 amide bonds. The number of thiocarbonyl (C=S) groups is 2. The second-order valence-electron chi connectivity index (χ2n) is 7.71. The van der Waals surface area contributed by atoms with Gasteiger partial charge >= 0.3 is 0 Å². The maximum absolute atomic E-state index is 13.3. The Kier molecular flexibility index (Phi) is 7.88. The number of nitrogens with one attached hydrogen (secondary N) is 2. The lowest BCUT2D eigenvalue weighted by Crippen LogP contribution is -2.29. The van der Waals surface area contributed by atoms with Crippen LogP contribution in [0.4, 0.5) is 11.4 Å². The highest BCUT2D eigenvalue weighted by Gasteiger charge is 2.43. The summed E-state index contributed by atoms with van der Waals surface area (Å²) >= 11 is 13.0. The molecule has 12 heteroatoms. The minimum absolute atomic E-state index is 0.114. The SMILES string of the molecule is CNC(=O)Cc1ccc(N2C(=O)/C(=C3\SC(=S)N(c4ccc(CC(=O)NC)cc4)C3=O)SC2=S)cc1. The Morgan fingerprint density at radius 2 is 1.03 bits per heavy atom. The van der Waals surface area contributed by atoms with Crippen LogP contribution in [0.25, 0.3) is 0 Å². The molecule has 0 saturated carbocycles. The predicted molar refractivity (Wildman–Crippen MR) is 151 cm³/mol. The lowest BCUT2D eigenvalue weighted by molar-refractivity contribution is -0.120. The minimum atomic E-state index is -0.398. The molecular formula is C24H20N4O4S4. The molecule has 184 valence electrons. The summed E-state index contributed by atoms with van der Waals surface area (Å²) < 4.78 is 0.607. The molecule has 0 aliphatic carbocycles. The summed E-state index contributed by atoms with van der Waals surface area (Å²) in [6, 6.07) is 13.9. The van der Waals surface area contributed by atoms with Gasteiger partial charge in [0, 0.05) is 14.1 Å². The van der Waals surface area contributed by atoms with E-state index in [9.17, 15) is 19.2 Å². The largest absolute Gasteiger partial charge is 0.359 e. The lowest BCUT2D eigenvalue weighted by Gasteiger charge is -2.15. The topological polar surface area (TPSA) is 98.8 Å². The highest BCUT2D eigenvalue weighted by molar-refractivity contribution is 8.30. The summed E-state index contributed by atoms with van der Waals surface area (Å²) in [5.41, 5.74) is 2.70. The first-order chi connectivity index (χ1) is 17.2. The van der Waals surface area contributed by atoms with E-state index in [-0.39, 0.29) is 34.5 Å². The summed E-state index contributed by atoms with van der Waals surface area (Å²) in [5, 5.41) is 5.14. The zero-order valence-corrected chi connectivity index (χ0v) is 22.5. The van der Waals surface area contributed by atoms with Crippen molar-refractivity contribution in [2.75, 3.05) is 23.9 Å². The minimum Gasteiger partial charge on any atom is -0.359 e. The van der Waals surface area contributed by atoms with Crippen molar-refractivity contribution in [1.82, 2.24) is 10.6 Å². The quantitative estimate of drug-likeness (QED) is 0.414. The first-order valence-corrected chi connectivity index (χ1v) is 13.1. The molecule has 36 heavy (non-hydrogen) atoms. The Morgan fingerprint density at radius 3 is 1.33 bits per heavy atom. The third kappa shape index (κ3) is 5.21.